The number of H-pyrrole nitrogens is 1. The van der Waals surface area contributed by atoms with E-state index in [1.54, 1.807) is 13.0 Å². The Morgan fingerprint density at radius 1 is 1.14 bits per heavy atom. The largest absolute Gasteiger partial charge is 0.545 e. The molecule has 0 saturated carbocycles. The van der Waals surface area contributed by atoms with Crippen molar-refractivity contribution >= 4 is 28.7 Å². The highest BCUT2D eigenvalue weighted by Gasteiger charge is 2.15. The highest BCUT2D eigenvalue weighted by Crippen LogP contribution is 2.24. The van der Waals surface area contributed by atoms with Crippen LogP contribution in [0.15, 0.2) is 75.0 Å². The van der Waals surface area contributed by atoms with Crippen LogP contribution in [-0.2, 0) is 0 Å². The summed E-state index contributed by atoms with van der Waals surface area (Å²) in [7, 11) is 0. The third-order valence-corrected chi connectivity index (χ3v) is 4.97. The first-order valence-corrected chi connectivity index (χ1v) is 9.47. The zero-order valence-corrected chi connectivity index (χ0v) is 16.0. The minimum Gasteiger partial charge on any atom is -0.545 e. The van der Waals surface area contributed by atoms with E-state index < -0.39 is 11.5 Å². The van der Waals surface area contributed by atoms with Gasteiger partial charge in [-0.05, 0) is 24.6 Å². The molecule has 9 heteroatoms. The Bertz CT molecular complexity index is 1270. The molecule has 0 aliphatic rings. The zero-order chi connectivity index (χ0) is 20.4. The van der Waals surface area contributed by atoms with Gasteiger partial charge in [0.15, 0.2) is 5.69 Å². The van der Waals surface area contributed by atoms with E-state index in [-0.39, 0.29) is 11.3 Å². The standard InChI is InChI=1S/C20H15N5O3S/c1-12-17(23-22-15-9-5-8-14(10-15)19(27)28)18(26)25(24-12)20-21-16(11-29-20)13-6-3-2-4-7-13/h2-11,24H,1H3,(H,27,28)/p-1. The lowest BCUT2D eigenvalue weighted by Gasteiger charge is -2.01. The number of aromatic amines is 1. The molecule has 29 heavy (non-hydrogen) atoms. The molecule has 4 rings (SSSR count). The van der Waals surface area contributed by atoms with Crippen molar-refractivity contribution in [3.63, 3.8) is 0 Å². The summed E-state index contributed by atoms with van der Waals surface area (Å²) >= 11 is 1.33. The maximum absolute atomic E-state index is 12.8. The van der Waals surface area contributed by atoms with Gasteiger partial charge in [0.1, 0.15) is 0 Å². The molecule has 1 N–H and O–H groups in total. The molecule has 2 aromatic heterocycles. The molecule has 0 aliphatic heterocycles. The number of hydrogen-bond donors (Lipinski definition) is 1. The maximum atomic E-state index is 12.8. The van der Waals surface area contributed by atoms with Gasteiger partial charge in [-0.3, -0.25) is 9.89 Å². The van der Waals surface area contributed by atoms with Crippen molar-refractivity contribution in [1.82, 2.24) is 14.8 Å². The maximum Gasteiger partial charge on any atom is 0.301 e. The average molecular weight is 404 g/mol. The lowest BCUT2D eigenvalue weighted by Crippen LogP contribution is -2.21. The van der Waals surface area contributed by atoms with Crippen LogP contribution in [0.4, 0.5) is 11.4 Å². The number of benzene rings is 2. The van der Waals surface area contributed by atoms with Crippen molar-refractivity contribution in [2.24, 2.45) is 10.2 Å². The molecular weight excluding hydrogens is 390 g/mol. The minimum absolute atomic E-state index is 0.0131. The van der Waals surface area contributed by atoms with E-state index in [9.17, 15) is 14.7 Å². The van der Waals surface area contributed by atoms with Crippen molar-refractivity contribution in [2.45, 2.75) is 6.92 Å². The molecule has 0 aliphatic carbocycles. The smallest absolute Gasteiger partial charge is 0.301 e. The van der Waals surface area contributed by atoms with E-state index >= 15 is 0 Å². The quantitative estimate of drug-likeness (QED) is 0.513. The van der Waals surface area contributed by atoms with Crippen molar-refractivity contribution in [1.29, 1.82) is 0 Å². The van der Waals surface area contributed by atoms with Crippen LogP contribution in [0.25, 0.3) is 16.4 Å². The molecule has 0 amide bonds. The Kier molecular flexibility index (Phi) is 4.88. The number of nitrogens with zero attached hydrogens (tertiary/aromatic N) is 4. The second-order valence-electron chi connectivity index (χ2n) is 6.15. The highest BCUT2D eigenvalue weighted by molar-refractivity contribution is 7.12. The first-order chi connectivity index (χ1) is 14.0. The van der Waals surface area contributed by atoms with Gasteiger partial charge in [-0.25, -0.2) is 4.98 Å². The first-order valence-electron chi connectivity index (χ1n) is 8.59. The van der Waals surface area contributed by atoms with Crippen LogP contribution in [0.1, 0.15) is 16.1 Å². The molecule has 0 bridgehead atoms. The highest BCUT2D eigenvalue weighted by atomic mass is 32.1. The molecule has 0 fully saturated rings. The number of azo groups is 1. The van der Waals surface area contributed by atoms with Crippen LogP contribution in [0.5, 0.6) is 0 Å². The second kappa shape index (κ2) is 7.64. The number of carbonyl (C=O) groups is 1. The van der Waals surface area contributed by atoms with Gasteiger partial charge < -0.3 is 9.90 Å². The predicted octanol–water partition coefficient (Wildman–Crippen LogP) is 3.38. The SMILES string of the molecule is Cc1[nH]n(-c2nc(-c3ccccc3)cs2)c(=O)c1N=Nc1cccc(C(=O)[O-])c1. The Labute approximate surface area is 168 Å². The van der Waals surface area contributed by atoms with Crippen molar-refractivity contribution in [3.8, 4) is 16.4 Å². The average Bonchev–Trinajstić information content (AvgIpc) is 3.32. The van der Waals surface area contributed by atoms with E-state index in [0.717, 1.165) is 11.3 Å². The number of aromatic carboxylic acids is 1. The fourth-order valence-electron chi connectivity index (χ4n) is 2.70. The van der Waals surface area contributed by atoms with Gasteiger partial charge in [-0.15, -0.1) is 16.5 Å². The van der Waals surface area contributed by atoms with E-state index in [2.05, 4.69) is 20.3 Å². The summed E-state index contributed by atoms with van der Waals surface area (Å²) in [5.74, 6) is -1.31. The number of aryl methyl sites for hydroxylation is 1. The fraction of sp³-hybridized carbons (Fsp3) is 0.0500. The summed E-state index contributed by atoms with van der Waals surface area (Å²) in [5, 5.41) is 24.3. The fourth-order valence-corrected chi connectivity index (χ4v) is 3.49. The van der Waals surface area contributed by atoms with E-state index in [1.807, 2.05) is 35.7 Å². The molecule has 0 spiro atoms. The summed E-state index contributed by atoms with van der Waals surface area (Å²) in [6, 6.07) is 15.5. The van der Waals surface area contributed by atoms with Crippen molar-refractivity contribution < 1.29 is 9.90 Å². The van der Waals surface area contributed by atoms with E-state index in [4.69, 9.17) is 0 Å². The van der Waals surface area contributed by atoms with Crippen LogP contribution in [0, 0.1) is 6.92 Å². The van der Waals surface area contributed by atoms with Gasteiger partial charge >= 0.3 is 5.56 Å². The predicted molar refractivity (Wildman–Crippen MR) is 107 cm³/mol. The zero-order valence-electron chi connectivity index (χ0n) is 15.2. The molecular formula is C20H14N5O3S-. The number of carbonyl (C=O) groups excluding carboxylic acids is 1. The molecule has 144 valence electrons. The first kappa shape index (κ1) is 18.5. The Hall–Kier alpha value is -3.85. The summed E-state index contributed by atoms with van der Waals surface area (Å²) in [4.78, 5) is 28.2. The molecule has 0 unspecified atom stereocenters. The van der Waals surface area contributed by atoms with Crippen LogP contribution < -0.4 is 10.7 Å². The van der Waals surface area contributed by atoms with Crippen LogP contribution in [-0.4, -0.2) is 20.7 Å². The summed E-state index contributed by atoms with van der Waals surface area (Å²) in [6.45, 7) is 1.70. The monoisotopic (exact) mass is 404 g/mol. The van der Waals surface area contributed by atoms with E-state index in [0.29, 0.717) is 16.5 Å². The molecule has 0 atom stereocenters. The number of carboxylic acid groups (broad SMARTS) is 1. The minimum atomic E-state index is -1.31. The molecule has 4 aromatic rings. The molecule has 2 heterocycles. The summed E-state index contributed by atoms with van der Waals surface area (Å²) < 4.78 is 1.32. The number of aromatic nitrogens is 3. The van der Waals surface area contributed by atoms with Gasteiger partial charge in [0.2, 0.25) is 5.13 Å². The number of hydrogen-bond acceptors (Lipinski definition) is 7. The third-order valence-electron chi connectivity index (χ3n) is 4.14. The van der Waals surface area contributed by atoms with E-state index in [1.165, 1.54) is 34.2 Å². The Morgan fingerprint density at radius 2 is 1.93 bits per heavy atom. The molecule has 0 saturated heterocycles. The molecule has 0 radical (unpaired) electrons. The summed E-state index contributed by atoms with van der Waals surface area (Å²) in [5.41, 5.74) is 2.27. The number of rotatable bonds is 5. The van der Waals surface area contributed by atoms with Crippen LogP contribution in [0.3, 0.4) is 0 Å². The topological polar surface area (TPSA) is 116 Å². The van der Waals surface area contributed by atoms with Gasteiger partial charge in [0.05, 0.1) is 23.0 Å². The summed E-state index contributed by atoms with van der Waals surface area (Å²) in [6.07, 6.45) is 0. The Morgan fingerprint density at radius 3 is 2.69 bits per heavy atom. The van der Waals surface area contributed by atoms with Gasteiger partial charge in [-0.1, -0.05) is 42.5 Å². The number of thiazole rings is 1. The third kappa shape index (κ3) is 3.76. The second-order valence-corrected chi connectivity index (χ2v) is 6.98. The molecule has 2 aromatic carbocycles. The number of nitrogens with one attached hydrogen (secondary N) is 1. The molecule has 8 nitrogen and oxygen atoms in total. The lowest BCUT2D eigenvalue weighted by molar-refractivity contribution is -0.255. The van der Waals surface area contributed by atoms with Crippen LogP contribution >= 0.6 is 11.3 Å². The normalized spacial score (nSPS) is 11.2. The van der Waals surface area contributed by atoms with Crippen LogP contribution in [0.2, 0.25) is 0 Å². The lowest BCUT2D eigenvalue weighted by atomic mass is 10.2. The van der Waals surface area contributed by atoms with Crippen molar-refractivity contribution in [2.75, 3.05) is 0 Å². The van der Waals surface area contributed by atoms with Gasteiger partial charge in [-0.2, -0.15) is 9.80 Å². The van der Waals surface area contributed by atoms with Crippen molar-refractivity contribution in [3.05, 3.63) is 81.6 Å². The Balaban J connectivity index is 1.65. The van der Waals surface area contributed by atoms with Gasteiger partial charge in [0.25, 0.3) is 0 Å². The number of carboxylic acids is 1. The van der Waals surface area contributed by atoms with Gasteiger partial charge in [0, 0.05) is 10.9 Å².